The molecule has 7 aromatic carbocycles. The molecule has 44 heavy (non-hydrogen) atoms. The van der Waals surface area contributed by atoms with E-state index in [1.807, 2.05) is 0 Å². The molecule has 2 heteroatoms. The molecule has 2 heterocycles. The zero-order valence-electron chi connectivity index (χ0n) is 24.1. The SMILES string of the molecule is c1ccc(-c2ccccc2-n2c3ccccc3c3ccccc32)c(-c2ccc(-n3c4ccccc4c4ccccc43)cc2)c1. The van der Waals surface area contributed by atoms with E-state index < -0.39 is 0 Å². The van der Waals surface area contributed by atoms with Crippen molar-refractivity contribution < 1.29 is 0 Å². The minimum absolute atomic E-state index is 1.16. The van der Waals surface area contributed by atoms with Gasteiger partial charge in [0.2, 0.25) is 0 Å². The van der Waals surface area contributed by atoms with Crippen LogP contribution in [0.2, 0.25) is 0 Å². The number of hydrogen-bond donors (Lipinski definition) is 0. The summed E-state index contributed by atoms with van der Waals surface area (Å²) < 4.78 is 4.79. The predicted molar refractivity (Wildman–Crippen MR) is 186 cm³/mol. The van der Waals surface area contributed by atoms with Crippen molar-refractivity contribution in [2.24, 2.45) is 0 Å². The number of para-hydroxylation sites is 5. The summed E-state index contributed by atoms with van der Waals surface area (Å²) in [4.78, 5) is 0. The molecule has 0 N–H and O–H groups in total. The van der Waals surface area contributed by atoms with Crippen LogP contribution in [0.25, 0.3) is 77.2 Å². The number of aromatic nitrogens is 2. The normalized spacial score (nSPS) is 11.6. The van der Waals surface area contributed by atoms with Gasteiger partial charge in [-0.05, 0) is 59.2 Å². The van der Waals surface area contributed by atoms with E-state index in [1.165, 1.54) is 71.6 Å². The average Bonchev–Trinajstić information content (AvgIpc) is 3.62. The molecular weight excluding hydrogens is 532 g/mol. The Morgan fingerprint density at radius 3 is 1.18 bits per heavy atom. The maximum Gasteiger partial charge on any atom is 0.0541 e. The number of benzene rings is 7. The number of fused-ring (bicyclic) bond motifs is 6. The maximum absolute atomic E-state index is 2.42. The Balaban J connectivity index is 1.21. The zero-order valence-corrected chi connectivity index (χ0v) is 24.1. The van der Waals surface area contributed by atoms with E-state index in [1.54, 1.807) is 0 Å². The van der Waals surface area contributed by atoms with Gasteiger partial charge in [-0.1, -0.05) is 127 Å². The summed E-state index contributed by atoms with van der Waals surface area (Å²) in [6.45, 7) is 0. The van der Waals surface area contributed by atoms with Gasteiger partial charge >= 0.3 is 0 Å². The molecular formula is C42H28N2. The van der Waals surface area contributed by atoms with Gasteiger partial charge in [-0.2, -0.15) is 0 Å². The standard InChI is InChI=1S/C42H28N2/c1-2-14-32(33-15-3-10-22-40(33)44-41-23-11-6-18-36(41)37-19-7-12-24-42(37)44)31(13-1)29-25-27-30(28-26-29)43-38-20-8-4-16-34(38)35-17-5-9-21-39(35)43/h1-28H. The second-order valence-corrected chi connectivity index (χ2v) is 11.3. The molecule has 2 aromatic heterocycles. The minimum atomic E-state index is 1.16. The highest BCUT2D eigenvalue weighted by molar-refractivity contribution is 6.10. The van der Waals surface area contributed by atoms with E-state index >= 15 is 0 Å². The fourth-order valence-electron chi connectivity index (χ4n) is 7.04. The van der Waals surface area contributed by atoms with Crippen LogP contribution < -0.4 is 0 Å². The molecule has 0 radical (unpaired) electrons. The van der Waals surface area contributed by atoms with E-state index in [2.05, 4.69) is 179 Å². The molecule has 0 bridgehead atoms. The summed E-state index contributed by atoms with van der Waals surface area (Å²) in [5.41, 5.74) is 12.1. The van der Waals surface area contributed by atoms with Crippen molar-refractivity contribution in [1.29, 1.82) is 0 Å². The first-order valence-electron chi connectivity index (χ1n) is 15.1. The number of nitrogens with zero attached hydrogens (tertiary/aromatic N) is 2. The summed E-state index contributed by atoms with van der Waals surface area (Å²) in [5.74, 6) is 0. The summed E-state index contributed by atoms with van der Waals surface area (Å²) in [6.07, 6.45) is 0. The quantitative estimate of drug-likeness (QED) is 0.203. The Bertz CT molecular complexity index is 2390. The van der Waals surface area contributed by atoms with Crippen molar-refractivity contribution in [3.05, 3.63) is 170 Å². The van der Waals surface area contributed by atoms with E-state index in [9.17, 15) is 0 Å². The summed E-state index contributed by atoms with van der Waals surface area (Å²) in [5, 5.41) is 5.09. The Labute approximate surface area is 255 Å². The third-order valence-corrected chi connectivity index (χ3v) is 8.96. The molecule has 0 aliphatic rings. The topological polar surface area (TPSA) is 9.86 Å². The lowest BCUT2D eigenvalue weighted by Gasteiger charge is -2.17. The van der Waals surface area contributed by atoms with Crippen LogP contribution in [0.5, 0.6) is 0 Å². The highest BCUT2D eigenvalue weighted by Crippen LogP contribution is 2.40. The van der Waals surface area contributed by atoms with Crippen LogP contribution in [0.3, 0.4) is 0 Å². The molecule has 0 saturated carbocycles. The fourth-order valence-corrected chi connectivity index (χ4v) is 7.04. The maximum atomic E-state index is 2.42. The number of hydrogen-bond acceptors (Lipinski definition) is 0. The van der Waals surface area contributed by atoms with Gasteiger partial charge in [0.25, 0.3) is 0 Å². The fraction of sp³-hybridized carbons (Fsp3) is 0. The average molecular weight is 561 g/mol. The Hall–Kier alpha value is -5.86. The summed E-state index contributed by atoms with van der Waals surface area (Å²) >= 11 is 0. The summed E-state index contributed by atoms with van der Waals surface area (Å²) in [7, 11) is 0. The molecule has 0 aliphatic heterocycles. The van der Waals surface area contributed by atoms with Crippen molar-refractivity contribution in [2.75, 3.05) is 0 Å². The first-order chi connectivity index (χ1) is 21.9. The van der Waals surface area contributed by atoms with E-state index in [4.69, 9.17) is 0 Å². The van der Waals surface area contributed by atoms with Gasteiger partial charge in [0.05, 0.1) is 27.8 Å². The highest BCUT2D eigenvalue weighted by Gasteiger charge is 2.17. The molecule has 2 nitrogen and oxygen atoms in total. The lowest BCUT2D eigenvalue weighted by atomic mass is 9.93. The molecule has 9 aromatic rings. The van der Waals surface area contributed by atoms with Gasteiger partial charge in [0, 0.05) is 32.8 Å². The number of rotatable bonds is 4. The van der Waals surface area contributed by atoms with E-state index in [0.29, 0.717) is 0 Å². The second kappa shape index (κ2) is 9.86. The Morgan fingerprint density at radius 2 is 0.659 bits per heavy atom. The Kier molecular flexibility index (Phi) is 5.54. The van der Waals surface area contributed by atoms with Crippen molar-refractivity contribution in [1.82, 2.24) is 9.13 Å². The molecule has 0 spiro atoms. The van der Waals surface area contributed by atoms with Crippen molar-refractivity contribution in [2.45, 2.75) is 0 Å². The molecule has 0 saturated heterocycles. The van der Waals surface area contributed by atoms with E-state index in [-0.39, 0.29) is 0 Å². The highest BCUT2D eigenvalue weighted by atomic mass is 15.0. The van der Waals surface area contributed by atoms with Crippen LogP contribution in [0, 0.1) is 0 Å². The third-order valence-electron chi connectivity index (χ3n) is 8.96. The first-order valence-corrected chi connectivity index (χ1v) is 15.1. The van der Waals surface area contributed by atoms with Gasteiger partial charge < -0.3 is 9.13 Å². The van der Waals surface area contributed by atoms with Crippen molar-refractivity contribution in [3.63, 3.8) is 0 Å². The van der Waals surface area contributed by atoms with Gasteiger partial charge in [-0.15, -0.1) is 0 Å². The lowest BCUT2D eigenvalue weighted by molar-refractivity contribution is 1.18. The Morgan fingerprint density at radius 1 is 0.273 bits per heavy atom. The minimum Gasteiger partial charge on any atom is -0.309 e. The molecule has 206 valence electrons. The van der Waals surface area contributed by atoms with Crippen LogP contribution in [0.4, 0.5) is 0 Å². The van der Waals surface area contributed by atoms with Crippen LogP contribution >= 0.6 is 0 Å². The molecule has 9 rings (SSSR count). The monoisotopic (exact) mass is 560 g/mol. The molecule has 0 unspecified atom stereocenters. The summed E-state index contributed by atoms with van der Waals surface area (Å²) in [6, 6.07) is 61.4. The first kappa shape index (κ1) is 24.7. The van der Waals surface area contributed by atoms with Crippen LogP contribution in [-0.4, -0.2) is 9.13 Å². The van der Waals surface area contributed by atoms with Gasteiger partial charge in [-0.25, -0.2) is 0 Å². The van der Waals surface area contributed by atoms with Crippen LogP contribution in [-0.2, 0) is 0 Å². The van der Waals surface area contributed by atoms with Crippen molar-refractivity contribution in [3.8, 4) is 33.6 Å². The van der Waals surface area contributed by atoms with E-state index in [0.717, 1.165) is 5.69 Å². The molecule has 0 amide bonds. The largest absolute Gasteiger partial charge is 0.309 e. The zero-order chi connectivity index (χ0) is 29.0. The van der Waals surface area contributed by atoms with Crippen LogP contribution in [0.1, 0.15) is 0 Å². The van der Waals surface area contributed by atoms with Gasteiger partial charge in [-0.3, -0.25) is 0 Å². The van der Waals surface area contributed by atoms with Gasteiger partial charge in [0.1, 0.15) is 0 Å². The molecule has 0 aliphatic carbocycles. The lowest BCUT2D eigenvalue weighted by Crippen LogP contribution is -1.98. The van der Waals surface area contributed by atoms with Gasteiger partial charge in [0.15, 0.2) is 0 Å². The van der Waals surface area contributed by atoms with Crippen LogP contribution in [0.15, 0.2) is 170 Å². The van der Waals surface area contributed by atoms with Crippen molar-refractivity contribution >= 4 is 43.6 Å². The predicted octanol–water partition coefficient (Wildman–Crippen LogP) is 11.2. The smallest absolute Gasteiger partial charge is 0.0541 e. The third kappa shape index (κ3) is 3.68. The molecule has 0 atom stereocenters. The molecule has 0 fully saturated rings. The second-order valence-electron chi connectivity index (χ2n) is 11.3.